The van der Waals surface area contributed by atoms with Gasteiger partial charge in [-0.25, -0.2) is 9.97 Å². The van der Waals surface area contributed by atoms with Gasteiger partial charge in [0.2, 0.25) is 0 Å². The van der Waals surface area contributed by atoms with Gasteiger partial charge in [-0.2, -0.15) is 5.26 Å². The number of nitrogens with one attached hydrogen (secondary N) is 2. The lowest BCUT2D eigenvalue weighted by Gasteiger charge is -2.43. The number of nitrogens with two attached hydrogens (primary N) is 1. The van der Waals surface area contributed by atoms with Gasteiger partial charge in [-0.3, -0.25) is 4.79 Å². The molecule has 37 heavy (non-hydrogen) atoms. The fraction of sp³-hybridized carbons (Fsp3) is 0.357. The summed E-state index contributed by atoms with van der Waals surface area (Å²) in [6.07, 6.45) is 4.34. The molecule has 1 heterocycles. The zero-order valence-electron chi connectivity index (χ0n) is 21.4. The predicted molar refractivity (Wildman–Crippen MR) is 144 cm³/mol. The minimum Gasteiger partial charge on any atom is -0.495 e. The number of anilines is 1. The molecule has 1 fully saturated rings. The number of ether oxygens (including phenoxy) is 1. The largest absolute Gasteiger partial charge is 0.495 e. The van der Waals surface area contributed by atoms with E-state index in [0.29, 0.717) is 30.0 Å². The molecular formula is C28H33N7O2. The van der Waals surface area contributed by atoms with Crippen molar-refractivity contribution < 1.29 is 9.53 Å². The van der Waals surface area contributed by atoms with Crippen molar-refractivity contribution in [2.75, 3.05) is 33.1 Å². The maximum absolute atomic E-state index is 13.0. The first-order chi connectivity index (χ1) is 17.8. The van der Waals surface area contributed by atoms with E-state index in [1.165, 1.54) is 6.33 Å². The Morgan fingerprint density at radius 2 is 2.05 bits per heavy atom. The van der Waals surface area contributed by atoms with Gasteiger partial charge in [0.1, 0.15) is 17.8 Å². The lowest BCUT2D eigenvalue weighted by atomic mass is 9.74. The smallest absolute Gasteiger partial charge is 0.270 e. The molecule has 192 valence electrons. The van der Waals surface area contributed by atoms with Crippen LogP contribution in [0.5, 0.6) is 5.75 Å². The van der Waals surface area contributed by atoms with Crippen molar-refractivity contribution in [3.63, 3.8) is 0 Å². The first-order valence-corrected chi connectivity index (χ1v) is 12.2. The van der Waals surface area contributed by atoms with Crippen LogP contribution in [0.15, 0.2) is 61.1 Å². The summed E-state index contributed by atoms with van der Waals surface area (Å²) in [5.41, 5.74) is 9.23. The summed E-state index contributed by atoms with van der Waals surface area (Å²) in [6.45, 7) is 4.09. The molecule has 1 amide bonds. The van der Waals surface area contributed by atoms with Gasteiger partial charge in [-0.05, 0) is 56.1 Å². The van der Waals surface area contributed by atoms with Crippen LogP contribution in [-0.4, -0.2) is 66.7 Å². The molecule has 0 bridgehead atoms. The molecule has 4 atom stereocenters. The van der Waals surface area contributed by atoms with Crippen molar-refractivity contribution in [1.82, 2.24) is 20.2 Å². The molecule has 1 saturated carbocycles. The molecule has 0 unspecified atom stereocenters. The molecule has 9 heteroatoms. The molecule has 0 aliphatic heterocycles. The zero-order valence-corrected chi connectivity index (χ0v) is 21.4. The summed E-state index contributed by atoms with van der Waals surface area (Å²) in [5.74, 6) is 0.462. The van der Waals surface area contributed by atoms with Crippen molar-refractivity contribution >= 4 is 22.4 Å². The van der Waals surface area contributed by atoms with Crippen molar-refractivity contribution in [2.45, 2.75) is 36.9 Å². The summed E-state index contributed by atoms with van der Waals surface area (Å²) >= 11 is 0. The van der Waals surface area contributed by atoms with Gasteiger partial charge in [-0.1, -0.05) is 24.8 Å². The van der Waals surface area contributed by atoms with Gasteiger partial charge in [0.15, 0.2) is 0 Å². The third kappa shape index (κ3) is 5.71. The van der Waals surface area contributed by atoms with E-state index in [4.69, 9.17) is 15.7 Å². The Labute approximate surface area is 217 Å². The maximum Gasteiger partial charge on any atom is 0.270 e. The van der Waals surface area contributed by atoms with E-state index >= 15 is 0 Å². The van der Waals surface area contributed by atoms with E-state index in [1.807, 2.05) is 26.2 Å². The molecular weight excluding hydrogens is 466 g/mol. The minimum absolute atomic E-state index is 0.0236. The fourth-order valence-corrected chi connectivity index (χ4v) is 5.14. The summed E-state index contributed by atoms with van der Waals surface area (Å²) in [6, 6.07) is 13.8. The number of likely N-dealkylation sites (N-methyl/N-ethyl adjacent to an activating group) is 1. The SMILES string of the molecule is C=C(C#N)CNc1c(OC)ccc2ccc([C@H]3C[C@@H](N(C)C)[C@H](N)C[C@H]3NC(=O)c3ccncn3)cc12. The number of carbonyl (C=O) groups excluding carboxylic acids is 1. The Hall–Kier alpha value is -4.00. The van der Waals surface area contributed by atoms with Crippen LogP contribution in [0.2, 0.25) is 0 Å². The van der Waals surface area contributed by atoms with Crippen LogP contribution in [0.3, 0.4) is 0 Å². The Kier molecular flexibility index (Phi) is 8.01. The molecule has 4 rings (SSSR count). The number of nitriles is 1. The van der Waals surface area contributed by atoms with Crippen molar-refractivity contribution in [1.29, 1.82) is 5.26 Å². The topological polar surface area (TPSA) is 129 Å². The van der Waals surface area contributed by atoms with Crippen LogP contribution in [-0.2, 0) is 0 Å². The molecule has 1 aliphatic rings. The summed E-state index contributed by atoms with van der Waals surface area (Å²) < 4.78 is 5.62. The number of hydrogen-bond acceptors (Lipinski definition) is 8. The number of methoxy groups -OCH3 is 1. The van der Waals surface area contributed by atoms with E-state index in [9.17, 15) is 4.79 Å². The normalized spacial score (nSPS) is 21.3. The summed E-state index contributed by atoms with van der Waals surface area (Å²) in [4.78, 5) is 23.2. The van der Waals surface area contributed by atoms with E-state index in [2.05, 4.69) is 56.3 Å². The number of amides is 1. The number of benzene rings is 2. The number of fused-ring (bicyclic) bond motifs is 1. The Morgan fingerprint density at radius 1 is 1.27 bits per heavy atom. The van der Waals surface area contributed by atoms with Gasteiger partial charge in [0.05, 0.1) is 18.9 Å². The molecule has 3 aromatic rings. The summed E-state index contributed by atoms with van der Waals surface area (Å²) in [5, 5.41) is 17.7. The van der Waals surface area contributed by atoms with Crippen LogP contribution < -0.4 is 21.1 Å². The molecule has 1 aromatic heterocycles. The Morgan fingerprint density at radius 3 is 2.73 bits per heavy atom. The van der Waals surface area contributed by atoms with E-state index in [-0.39, 0.29) is 30.0 Å². The molecule has 9 nitrogen and oxygen atoms in total. The van der Waals surface area contributed by atoms with Gasteiger partial charge >= 0.3 is 0 Å². The second-order valence-electron chi connectivity index (χ2n) is 9.64. The van der Waals surface area contributed by atoms with Gasteiger partial charge in [0, 0.05) is 47.7 Å². The standard InChI is InChI=1S/C28H33N7O2/c1-17(14-29)15-32-27-21-11-19(6-5-18(21)7-8-26(27)37-4)20-12-25(35(2)3)22(30)13-24(20)34-28(36)23-9-10-31-16-33-23/h5-11,16,20,22,24-25,32H,1,12-13,15,30H2,2-4H3,(H,34,36)/t20-,22-,24-,25-/m1/s1. The highest BCUT2D eigenvalue weighted by atomic mass is 16.5. The molecule has 2 aromatic carbocycles. The highest BCUT2D eigenvalue weighted by Crippen LogP contribution is 2.39. The molecule has 4 N–H and O–H groups in total. The number of hydrogen-bond donors (Lipinski definition) is 3. The van der Waals surface area contributed by atoms with Crippen LogP contribution in [0, 0.1) is 11.3 Å². The van der Waals surface area contributed by atoms with Crippen LogP contribution >= 0.6 is 0 Å². The molecule has 1 aliphatic carbocycles. The number of aromatic nitrogens is 2. The first kappa shape index (κ1) is 26.1. The van der Waals surface area contributed by atoms with Crippen molar-refractivity contribution in [2.24, 2.45) is 5.73 Å². The molecule has 0 radical (unpaired) electrons. The van der Waals surface area contributed by atoms with E-state index in [1.54, 1.807) is 19.4 Å². The van der Waals surface area contributed by atoms with E-state index < -0.39 is 0 Å². The Balaban J connectivity index is 1.73. The monoisotopic (exact) mass is 499 g/mol. The van der Waals surface area contributed by atoms with Crippen LogP contribution in [0.1, 0.15) is 34.8 Å². The second-order valence-corrected chi connectivity index (χ2v) is 9.64. The average Bonchev–Trinajstić information content (AvgIpc) is 2.91. The quantitative estimate of drug-likeness (QED) is 0.403. The van der Waals surface area contributed by atoms with Crippen molar-refractivity contribution in [3.8, 4) is 11.8 Å². The predicted octanol–water partition coefficient (Wildman–Crippen LogP) is 3.06. The fourth-order valence-electron chi connectivity index (χ4n) is 5.14. The third-order valence-electron chi connectivity index (χ3n) is 7.09. The lowest BCUT2D eigenvalue weighted by Crippen LogP contribution is -2.56. The van der Waals surface area contributed by atoms with Crippen LogP contribution in [0.4, 0.5) is 5.69 Å². The lowest BCUT2D eigenvalue weighted by molar-refractivity contribution is 0.0887. The summed E-state index contributed by atoms with van der Waals surface area (Å²) in [7, 11) is 5.70. The number of carbonyl (C=O) groups is 1. The number of rotatable bonds is 8. The third-order valence-corrected chi connectivity index (χ3v) is 7.09. The van der Waals surface area contributed by atoms with E-state index in [0.717, 1.165) is 28.4 Å². The van der Waals surface area contributed by atoms with Gasteiger partial charge in [-0.15, -0.1) is 0 Å². The highest BCUT2D eigenvalue weighted by Gasteiger charge is 2.38. The average molecular weight is 500 g/mol. The van der Waals surface area contributed by atoms with Gasteiger partial charge in [0.25, 0.3) is 5.91 Å². The van der Waals surface area contributed by atoms with Crippen molar-refractivity contribution in [3.05, 3.63) is 72.3 Å². The van der Waals surface area contributed by atoms with Gasteiger partial charge < -0.3 is 26.0 Å². The zero-order chi connectivity index (χ0) is 26.5. The first-order valence-electron chi connectivity index (χ1n) is 12.2. The Bertz CT molecular complexity index is 1320. The van der Waals surface area contributed by atoms with Crippen LogP contribution in [0.25, 0.3) is 10.8 Å². The highest BCUT2D eigenvalue weighted by molar-refractivity contribution is 5.97. The second kappa shape index (κ2) is 11.4. The number of nitrogens with zero attached hydrogens (tertiary/aromatic N) is 4. The maximum atomic E-state index is 13.0. The minimum atomic E-state index is -0.243. The molecule has 0 spiro atoms. The molecule has 0 saturated heterocycles.